The van der Waals surface area contributed by atoms with Gasteiger partial charge in [0.15, 0.2) is 11.6 Å². The van der Waals surface area contributed by atoms with Crippen molar-refractivity contribution in [2.45, 2.75) is 24.3 Å². The molecular weight excluding hydrogens is 278 g/mol. The summed E-state index contributed by atoms with van der Waals surface area (Å²) in [6, 6.07) is 1.09. The second kappa shape index (κ2) is 4.53. The number of carbonyl (C=O) groups is 1. The van der Waals surface area contributed by atoms with Gasteiger partial charge >= 0.3 is 0 Å². The van der Waals surface area contributed by atoms with Crippen molar-refractivity contribution in [3.05, 3.63) is 29.3 Å². The maximum atomic E-state index is 13.5. The third kappa shape index (κ3) is 2.90. The van der Waals surface area contributed by atoms with Crippen LogP contribution in [-0.2, 0) is 10.0 Å². The number of sulfonamides is 1. The molecule has 0 heterocycles. The predicted molar refractivity (Wildman–Crippen MR) is 62.8 cm³/mol. The highest BCUT2D eigenvalue weighted by atomic mass is 32.2. The topological polar surface area (TPSA) is 89.3 Å². The molecule has 0 aliphatic heterocycles. The molecule has 1 aromatic carbocycles. The lowest BCUT2D eigenvalue weighted by molar-refractivity contribution is 0.0944. The number of hydrogen-bond acceptors (Lipinski definition) is 3. The normalized spacial score (nSPS) is 22.1. The fourth-order valence-corrected chi connectivity index (χ4v) is 2.21. The van der Waals surface area contributed by atoms with Gasteiger partial charge in [-0.2, -0.15) is 0 Å². The van der Waals surface area contributed by atoms with Crippen LogP contribution in [0.25, 0.3) is 0 Å². The van der Waals surface area contributed by atoms with Crippen molar-refractivity contribution >= 4 is 15.9 Å². The number of nitrogens with two attached hydrogens (primary N) is 1. The van der Waals surface area contributed by atoms with Crippen LogP contribution in [0.3, 0.4) is 0 Å². The largest absolute Gasteiger partial charge is 0.349 e. The Morgan fingerprint density at radius 1 is 1.42 bits per heavy atom. The summed E-state index contributed by atoms with van der Waals surface area (Å²) in [5.41, 5.74) is -0.664. The van der Waals surface area contributed by atoms with Crippen LogP contribution >= 0.6 is 0 Å². The molecule has 0 saturated heterocycles. The molecule has 104 valence electrons. The lowest BCUT2D eigenvalue weighted by Gasteiger charge is -2.07. The second-order valence-corrected chi connectivity index (χ2v) is 6.17. The third-order valence-electron chi connectivity index (χ3n) is 3.00. The molecule has 2 rings (SSSR count). The summed E-state index contributed by atoms with van der Waals surface area (Å²) in [6.45, 7) is 1.89. The number of rotatable bonds is 3. The maximum absolute atomic E-state index is 13.5. The molecule has 0 radical (unpaired) electrons. The maximum Gasteiger partial charge on any atom is 0.254 e. The van der Waals surface area contributed by atoms with Gasteiger partial charge in [0.25, 0.3) is 5.91 Å². The van der Waals surface area contributed by atoms with Crippen LogP contribution in [-0.4, -0.2) is 20.4 Å². The minimum Gasteiger partial charge on any atom is -0.349 e. The van der Waals surface area contributed by atoms with Gasteiger partial charge in [0.05, 0.1) is 10.5 Å². The van der Waals surface area contributed by atoms with Crippen molar-refractivity contribution in [1.82, 2.24) is 5.32 Å². The number of hydrogen-bond donors (Lipinski definition) is 2. The summed E-state index contributed by atoms with van der Waals surface area (Å²) in [5.74, 6) is -3.40. The number of primary sulfonamides is 1. The Bertz CT molecular complexity index is 646. The van der Waals surface area contributed by atoms with Gasteiger partial charge in [0.1, 0.15) is 0 Å². The van der Waals surface area contributed by atoms with Gasteiger partial charge in [-0.25, -0.2) is 22.3 Å². The fraction of sp³-hybridized carbons (Fsp3) is 0.364. The lowest BCUT2D eigenvalue weighted by atomic mass is 10.2. The molecule has 1 saturated carbocycles. The summed E-state index contributed by atoms with van der Waals surface area (Å²) < 4.78 is 49.0. The molecule has 1 aliphatic rings. The molecule has 0 bridgehead atoms. The SMILES string of the molecule is CC1CC1NC(=O)c1cc(S(N)(=O)=O)cc(F)c1F. The molecule has 1 aromatic rings. The molecule has 8 heteroatoms. The lowest BCUT2D eigenvalue weighted by Crippen LogP contribution is -2.28. The van der Waals surface area contributed by atoms with E-state index in [-0.39, 0.29) is 12.0 Å². The second-order valence-electron chi connectivity index (χ2n) is 4.60. The van der Waals surface area contributed by atoms with Crippen LogP contribution in [0.5, 0.6) is 0 Å². The Morgan fingerprint density at radius 2 is 2.00 bits per heavy atom. The van der Waals surface area contributed by atoms with E-state index in [0.717, 1.165) is 12.5 Å². The van der Waals surface area contributed by atoms with Crippen molar-refractivity contribution in [2.75, 3.05) is 0 Å². The Kier molecular flexibility index (Phi) is 3.31. The van der Waals surface area contributed by atoms with Crippen LogP contribution in [0.1, 0.15) is 23.7 Å². The fourth-order valence-electron chi connectivity index (χ4n) is 1.66. The van der Waals surface area contributed by atoms with Crippen LogP contribution in [0.15, 0.2) is 17.0 Å². The zero-order chi connectivity index (χ0) is 14.4. The quantitative estimate of drug-likeness (QED) is 0.861. The van der Waals surface area contributed by atoms with Crippen molar-refractivity contribution < 1.29 is 22.0 Å². The van der Waals surface area contributed by atoms with Crippen molar-refractivity contribution in [3.8, 4) is 0 Å². The number of carbonyl (C=O) groups excluding carboxylic acids is 1. The van der Waals surface area contributed by atoms with Crippen LogP contribution < -0.4 is 10.5 Å². The van der Waals surface area contributed by atoms with Gasteiger partial charge in [-0.1, -0.05) is 6.92 Å². The van der Waals surface area contributed by atoms with E-state index in [1.807, 2.05) is 6.92 Å². The van der Waals surface area contributed by atoms with Gasteiger partial charge in [0.2, 0.25) is 10.0 Å². The van der Waals surface area contributed by atoms with E-state index >= 15 is 0 Å². The van der Waals surface area contributed by atoms with Crippen LogP contribution in [0.2, 0.25) is 0 Å². The van der Waals surface area contributed by atoms with E-state index in [9.17, 15) is 22.0 Å². The predicted octanol–water partition coefficient (Wildman–Crippen LogP) is 0.750. The summed E-state index contributed by atoms with van der Waals surface area (Å²) >= 11 is 0. The highest BCUT2D eigenvalue weighted by Gasteiger charge is 2.35. The highest BCUT2D eigenvalue weighted by molar-refractivity contribution is 7.89. The van der Waals surface area contributed by atoms with Gasteiger partial charge < -0.3 is 5.32 Å². The molecular formula is C11H12F2N2O3S. The minimum atomic E-state index is -4.21. The first-order valence-electron chi connectivity index (χ1n) is 5.53. The zero-order valence-electron chi connectivity index (χ0n) is 9.98. The van der Waals surface area contributed by atoms with E-state index in [0.29, 0.717) is 6.07 Å². The molecule has 1 aliphatic carbocycles. The molecule has 1 amide bonds. The molecule has 19 heavy (non-hydrogen) atoms. The van der Waals surface area contributed by atoms with E-state index in [1.54, 1.807) is 0 Å². The van der Waals surface area contributed by atoms with E-state index in [4.69, 9.17) is 5.14 Å². The van der Waals surface area contributed by atoms with E-state index in [1.165, 1.54) is 0 Å². The zero-order valence-corrected chi connectivity index (χ0v) is 10.8. The van der Waals surface area contributed by atoms with Crippen LogP contribution in [0.4, 0.5) is 8.78 Å². The number of halogens is 2. The average molecular weight is 290 g/mol. The Labute approximate surface area is 108 Å². The number of benzene rings is 1. The standard InChI is InChI=1S/C11H12F2N2O3S/c1-5-2-9(5)15-11(16)7-3-6(19(14,17)18)4-8(12)10(7)13/h3-5,9H,2H2,1H3,(H,15,16)(H2,14,17,18). The molecule has 0 aromatic heterocycles. The molecule has 2 atom stereocenters. The average Bonchev–Trinajstić information content (AvgIpc) is 2.96. The summed E-state index contributed by atoms with van der Waals surface area (Å²) in [4.78, 5) is 11.1. The molecule has 1 fully saturated rings. The van der Waals surface area contributed by atoms with Crippen LogP contribution in [0, 0.1) is 17.6 Å². The van der Waals surface area contributed by atoms with Gasteiger partial charge in [0, 0.05) is 6.04 Å². The monoisotopic (exact) mass is 290 g/mol. The first kappa shape index (κ1) is 13.9. The van der Waals surface area contributed by atoms with E-state index < -0.39 is 38.0 Å². The Morgan fingerprint density at radius 3 is 2.47 bits per heavy atom. The van der Waals surface area contributed by atoms with Crippen molar-refractivity contribution in [2.24, 2.45) is 11.1 Å². The van der Waals surface area contributed by atoms with Crippen molar-refractivity contribution in [3.63, 3.8) is 0 Å². The summed E-state index contributed by atoms with van der Waals surface area (Å²) in [6.07, 6.45) is 0.755. The number of nitrogens with one attached hydrogen (secondary N) is 1. The van der Waals surface area contributed by atoms with E-state index in [2.05, 4.69) is 5.32 Å². The van der Waals surface area contributed by atoms with Gasteiger partial charge in [-0.3, -0.25) is 4.79 Å². The molecule has 2 unspecified atom stereocenters. The van der Waals surface area contributed by atoms with Crippen molar-refractivity contribution in [1.29, 1.82) is 0 Å². The Hall–Kier alpha value is -1.54. The van der Waals surface area contributed by atoms with Gasteiger partial charge in [-0.15, -0.1) is 0 Å². The number of amides is 1. The summed E-state index contributed by atoms with van der Waals surface area (Å²) in [7, 11) is -4.21. The third-order valence-corrected chi connectivity index (χ3v) is 3.89. The highest BCUT2D eigenvalue weighted by Crippen LogP contribution is 2.29. The first-order valence-corrected chi connectivity index (χ1v) is 7.07. The summed E-state index contributed by atoms with van der Waals surface area (Å²) in [5, 5.41) is 7.32. The smallest absolute Gasteiger partial charge is 0.254 e. The minimum absolute atomic E-state index is 0.0897. The first-order chi connectivity index (χ1) is 8.70. The molecule has 0 spiro atoms. The molecule has 5 nitrogen and oxygen atoms in total. The molecule has 3 N–H and O–H groups in total. The Balaban J connectivity index is 2.38. The van der Waals surface area contributed by atoms with Gasteiger partial charge in [-0.05, 0) is 24.5 Å².